The summed E-state index contributed by atoms with van der Waals surface area (Å²) < 4.78 is 56.3. The van der Waals surface area contributed by atoms with Crippen molar-refractivity contribution >= 4 is 33.2 Å². The largest absolute Gasteiger partial charge is 0.484 e. The smallest absolute Gasteiger partial charge is 0.416 e. The fourth-order valence-electron chi connectivity index (χ4n) is 3.17. The van der Waals surface area contributed by atoms with Gasteiger partial charge in [0.2, 0.25) is 0 Å². The first-order valence-electron chi connectivity index (χ1n) is 10.5. The Hall–Kier alpha value is -4.32. The van der Waals surface area contributed by atoms with Crippen LogP contribution in [-0.4, -0.2) is 10.8 Å². The molecule has 1 aromatic heterocycles. The van der Waals surface area contributed by atoms with E-state index in [9.17, 15) is 28.1 Å². The standard InChI is InChI=1S/C25H16BrF3N2O6/c26-21-6-1-2-7-22(21)35-14-19-8-9-23(37-19)24(32)30-16-11-17(31(33)34)13-20(12-16)36-18-5-3-4-15(10-18)25(27,28)29/h1-13H,14H2,(H,30,32). The summed E-state index contributed by atoms with van der Waals surface area (Å²) in [5.41, 5.74) is -1.41. The molecule has 190 valence electrons. The molecule has 0 aliphatic rings. The van der Waals surface area contributed by atoms with Crippen molar-refractivity contribution in [2.45, 2.75) is 12.8 Å². The zero-order chi connectivity index (χ0) is 26.6. The van der Waals surface area contributed by atoms with Crippen LogP contribution in [-0.2, 0) is 12.8 Å². The molecule has 0 atom stereocenters. The fourth-order valence-corrected chi connectivity index (χ4v) is 3.57. The van der Waals surface area contributed by atoms with Gasteiger partial charge in [-0.2, -0.15) is 13.2 Å². The van der Waals surface area contributed by atoms with Gasteiger partial charge in [0.25, 0.3) is 11.6 Å². The molecule has 0 bridgehead atoms. The van der Waals surface area contributed by atoms with Gasteiger partial charge in [-0.05, 0) is 58.4 Å². The Bertz CT molecular complexity index is 1450. The number of non-ortho nitro benzene ring substituents is 1. The molecule has 4 rings (SSSR count). The van der Waals surface area contributed by atoms with E-state index in [4.69, 9.17) is 13.9 Å². The van der Waals surface area contributed by atoms with Crippen molar-refractivity contribution in [3.05, 3.63) is 111 Å². The summed E-state index contributed by atoms with van der Waals surface area (Å²) >= 11 is 3.36. The number of nitrogens with zero attached hydrogens (tertiary/aromatic N) is 1. The average Bonchev–Trinajstić information content (AvgIpc) is 3.32. The number of carbonyl (C=O) groups is 1. The number of halogens is 4. The Morgan fingerprint density at radius 2 is 1.78 bits per heavy atom. The lowest BCUT2D eigenvalue weighted by molar-refractivity contribution is -0.384. The quantitative estimate of drug-likeness (QED) is 0.171. The number of nitro groups is 1. The highest BCUT2D eigenvalue weighted by Crippen LogP contribution is 2.34. The van der Waals surface area contributed by atoms with E-state index in [1.165, 1.54) is 18.2 Å². The molecule has 0 fully saturated rings. The molecule has 4 aromatic rings. The summed E-state index contributed by atoms with van der Waals surface area (Å²) in [7, 11) is 0. The van der Waals surface area contributed by atoms with E-state index < -0.39 is 28.3 Å². The van der Waals surface area contributed by atoms with Crippen molar-refractivity contribution < 1.29 is 36.8 Å². The number of anilines is 1. The second-order valence-corrected chi connectivity index (χ2v) is 8.39. The topological polar surface area (TPSA) is 104 Å². The first-order valence-corrected chi connectivity index (χ1v) is 11.3. The first kappa shape index (κ1) is 25.8. The van der Waals surface area contributed by atoms with Crippen molar-refractivity contribution in [2.75, 3.05) is 5.32 Å². The number of amides is 1. The second kappa shape index (κ2) is 10.7. The van der Waals surface area contributed by atoms with E-state index in [2.05, 4.69) is 21.2 Å². The number of benzene rings is 3. The van der Waals surface area contributed by atoms with E-state index in [-0.39, 0.29) is 29.6 Å². The fraction of sp³-hybridized carbons (Fsp3) is 0.0800. The number of hydrogen-bond donors (Lipinski definition) is 1. The number of hydrogen-bond acceptors (Lipinski definition) is 6. The lowest BCUT2D eigenvalue weighted by Gasteiger charge is -2.11. The van der Waals surface area contributed by atoms with Gasteiger partial charge in [-0.25, -0.2) is 0 Å². The molecule has 3 aromatic carbocycles. The maximum atomic E-state index is 13.0. The molecule has 1 N–H and O–H groups in total. The summed E-state index contributed by atoms with van der Waals surface area (Å²) in [6.45, 7) is 0.0433. The van der Waals surface area contributed by atoms with Gasteiger partial charge in [-0.1, -0.05) is 18.2 Å². The van der Waals surface area contributed by atoms with Crippen molar-refractivity contribution in [3.63, 3.8) is 0 Å². The molecule has 1 amide bonds. The van der Waals surface area contributed by atoms with E-state index in [1.54, 1.807) is 24.3 Å². The predicted molar refractivity (Wildman–Crippen MR) is 130 cm³/mol. The maximum absolute atomic E-state index is 13.0. The summed E-state index contributed by atoms with van der Waals surface area (Å²) in [6, 6.07) is 17.5. The minimum absolute atomic E-state index is 0.0245. The zero-order valence-corrected chi connectivity index (χ0v) is 20.2. The number of alkyl halides is 3. The summed E-state index contributed by atoms with van der Waals surface area (Å²) in [4.78, 5) is 23.3. The van der Waals surface area contributed by atoms with Crippen LogP contribution in [0.25, 0.3) is 0 Å². The molecule has 0 saturated carbocycles. The van der Waals surface area contributed by atoms with Gasteiger partial charge in [-0.3, -0.25) is 14.9 Å². The summed E-state index contributed by atoms with van der Waals surface area (Å²) in [6.07, 6.45) is -4.59. The number of ether oxygens (including phenoxy) is 2. The molecule has 0 aliphatic carbocycles. The summed E-state index contributed by atoms with van der Waals surface area (Å²) in [5, 5.41) is 13.8. The molecular formula is C25H16BrF3N2O6. The van der Waals surface area contributed by atoms with Crippen molar-refractivity contribution in [1.82, 2.24) is 0 Å². The third-order valence-corrected chi connectivity index (χ3v) is 5.50. The Morgan fingerprint density at radius 3 is 2.51 bits per heavy atom. The third-order valence-electron chi connectivity index (χ3n) is 4.85. The minimum Gasteiger partial charge on any atom is -0.484 e. The SMILES string of the molecule is O=C(Nc1cc(Oc2cccc(C(F)(F)F)c2)cc([N+](=O)[O-])c1)c1ccc(COc2ccccc2Br)o1. The van der Waals surface area contributed by atoms with Crippen LogP contribution < -0.4 is 14.8 Å². The Balaban J connectivity index is 1.49. The van der Waals surface area contributed by atoms with Gasteiger partial charge in [0.05, 0.1) is 26.7 Å². The first-order chi connectivity index (χ1) is 17.6. The Labute approximate surface area is 215 Å². The van der Waals surface area contributed by atoms with E-state index in [1.807, 2.05) is 6.07 Å². The Kier molecular flexibility index (Phi) is 7.48. The number of nitro benzene ring substituents is 1. The molecule has 0 saturated heterocycles. The zero-order valence-electron chi connectivity index (χ0n) is 18.6. The van der Waals surface area contributed by atoms with Crippen LogP contribution in [0.1, 0.15) is 21.9 Å². The Morgan fingerprint density at radius 1 is 1.00 bits per heavy atom. The van der Waals surface area contributed by atoms with Gasteiger partial charge in [0.15, 0.2) is 5.76 Å². The molecule has 37 heavy (non-hydrogen) atoms. The molecule has 0 radical (unpaired) electrons. The van der Waals surface area contributed by atoms with Crippen molar-refractivity contribution in [1.29, 1.82) is 0 Å². The van der Waals surface area contributed by atoms with Gasteiger partial charge in [0.1, 0.15) is 29.6 Å². The van der Waals surface area contributed by atoms with Crippen LogP contribution in [0.5, 0.6) is 17.2 Å². The summed E-state index contributed by atoms with van der Waals surface area (Å²) in [5.74, 6) is -0.197. The predicted octanol–water partition coefficient (Wildman–Crippen LogP) is 7.59. The van der Waals surface area contributed by atoms with Crippen molar-refractivity contribution in [2.24, 2.45) is 0 Å². The van der Waals surface area contributed by atoms with Gasteiger partial charge < -0.3 is 19.2 Å². The van der Waals surface area contributed by atoms with E-state index >= 15 is 0 Å². The highest BCUT2D eigenvalue weighted by Gasteiger charge is 2.30. The molecule has 0 unspecified atom stereocenters. The van der Waals surface area contributed by atoms with E-state index in [0.29, 0.717) is 11.5 Å². The molecule has 0 spiro atoms. The number of para-hydroxylation sites is 1. The third kappa shape index (κ3) is 6.67. The molecule has 8 nitrogen and oxygen atoms in total. The molecule has 12 heteroatoms. The van der Waals surface area contributed by atoms with E-state index in [0.717, 1.165) is 34.8 Å². The lowest BCUT2D eigenvalue weighted by atomic mass is 10.2. The number of carbonyl (C=O) groups excluding carboxylic acids is 1. The average molecular weight is 577 g/mol. The molecule has 0 aliphatic heterocycles. The second-order valence-electron chi connectivity index (χ2n) is 7.54. The molecule has 1 heterocycles. The number of furan rings is 1. The van der Waals surface area contributed by atoms with Crippen LogP contribution in [0, 0.1) is 10.1 Å². The van der Waals surface area contributed by atoms with Gasteiger partial charge in [-0.15, -0.1) is 0 Å². The normalized spacial score (nSPS) is 11.1. The maximum Gasteiger partial charge on any atom is 0.416 e. The van der Waals surface area contributed by atoms with Crippen molar-refractivity contribution in [3.8, 4) is 17.2 Å². The van der Waals surface area contributed by atoms with Crippen LogP contribution in [0.3, 0.4) is 0 Å². The van der Waals surface area contributed by atoms with Crippen LogP contribution in [0.15, 0.2) is 87.8 Å². The molecular weight excluding hydrogens is 561 g/mol. The number of nitrogens with one attached hydrogen (secondary N) is 1. The minimum atomic E-state index is -4.59. The highest BCUT2D eigenvalue weighted by atomic mass is 79.9. The van der Waals surface area contributed by atoms with Crippen LogP contribution in [0.2, 0.25) is 0 Å². The van der Waals surface area contributed by atoms with Crippen LogP contribution >= 0.6 is 15.9 Å². The lowest BCUT2D eigenvalue weighted by Crippen LogP contribution is -2.11. The highest BCUT2D eigenvalue weighted by molar-refractivity contribution is 9.10. The van der Waals surface area contributed by atoms with Gasteiger partial charge in [0, 0.05) is 12.1 Å². The monoisotopic (exact) mass is 576 g/mol. The van der Waals surface area contributed by atoms with Gasteiger partial charge >= 0.3 is 6.18 Å². The van der Waals surface area contributed by atoms with Crippen LogP contribution in [0.4, 0.5) is 24.5 Å². The number of rotatable bonds is 8.